The molecule has 4 aliphatic carbocycles. The molecule has 4 unspecified atom stereocenters. The fraction of sp³-hybridized carbons (Fsp3) is 0.781. The van der Waals surface area contributed by atoms with E-state index in [1.807, 2.05) is 0 Å². The van der Waals surface area contributed by atoms with Crippen LogP contribution in [0.25, 0.3) is 0 Å². The molecule has 0 aromatic rings. The second-order valence-corrected chi connectivity index (χ2v) is 14.1. The van der Waals surface area contributed by atoms with E-state index in [0.29, 0.717) is 37.0 Å². The Bertz CT molecular complexity index is 1090. The third kappa shape index (κ3) is 3.87. The zero-order chi connectivity index (χ0) is 28.5. The van der Waals surface area contributed by atoms with Crippen molar-refractivity contribution in [1.82, 2.24) is 0 Å². The zero-order valence-electron chi connectivity index (χ0n) is 24.6. The van der Waals surface area contributed by atoms with E-state index in [1.165, 1.54) is 6.92 Å². The summed E-state index contributed by atoms with van der Waals surface area (Å²) in [6, 6.07) is 0. The van der Waals surface area contributed by atoms with Gasteiger partial charge in [-0.1, -0.05) is 47.6 Å². The van der Waals surface area contributed by atoms with E-state index in [0.717, 1.165) is 31.3 Å². The second kappa shape index (κ2) is 9.31. The van der Waals surface area contributed by atoms with E-state index in [1.54, 1.807) is 13.0 Å². The third-order valence-electron chi connectivity index (χ3n) is 12.2. The maximum Gasteiger partial charge on any atom is 0.330 e. The largest absolute Gasteiger partial charge is 0.478 e. The summed E-state index contributed by atoms with van der Waals surface area (Å²) in [6.45, 7) is 16.1. The normalized spacial score (nSPS) is 42.9. The Labute approximate surface area is 228 Å². The number of carboxylic acids is 1. The summed E-state index contributed by atoms with van der Waals surface area (Å²) in [5.41, 5.74) is -1.47. The van der Waals surface area contributed by atoms with Crippen LogP contribution in [-0.4, -0.2) is 39.6 Å². The minimum absolute atomic E-state index is 0.133. The summed E-state index contributed by atoms with van der Waals surface area (Å²) in [6.07, 6.45) is 9.29. The van der Waals surface area contributed by atoms with Gasteiger partial charge in [0.05, 0.1) is 5.60 Å². The van der Waals surface area contributed by atoms with Crippen molar-refractivity contribution in [2.45, 2.75) is 118 Å². The highest BCUT2D eigenvalue weighted by atomic mass is 16.5. The van der Waals surface area contributed by atoms with Crippen molar-refractivity contribution in [2.24, 2.45) is 39.4 Å². The lowest BCUT2D eigenvalue weighted by Crippen LogP contribution is -2.68. The molecule has 0 spiro atoms. The zero-order valence-corrected chi connectivity index (χ0v) is 24.6. The van der Waals surface area contributed by atoms with Crippen molar-refractivity contribution in [3.05, 3.63) is 23.3 Å². The molecule has 212 valence electrons. The molecule has 6 heteroatoms. The number of fused-ring (bicyclic) bond motifs is 5. The molecule has 0 aliphatic heterocycles. The minimum atomic E-state index is -1.03. The second-order valence-electron chi connectivity index (χ2n) is 14.1. The number of hydrogen-bond donors (Lipinski definition) is 2. The highest BCUT2D eigenvalue weighted by Crippen LogP contribution is 2.74. The van der Waals surface area contributed by atoms with Gasteiger partial charge in [0.2, 0.25) is 0 Å². The van der Waals surface area contributed by atoms with Gasteiger partial charge in [-0.25, -0.2) is 4.79 Å². The van der Waals surface area contributed by atoms with Crippen LogP contribution in [0, 0.1) is 39.4 Å². The number of Topliss-reactive ketones (excluding diaryl/α,β-unsaturated/α-hetero) is 1. The van der Waals surface area contributed by atoms with Gasteiger partial charge >= 0.3 is 11.9 Å². The first-order chi connectivity index (χ1) is 17.5. The number of carbonyl (C=O) groups excluding carboxylic acids is 2. The van der Waals surface area contributed by atoms with Gasteiger partial charge in [-0.15, -0.1) is 0 Å². The number of carboxylic acid groups (broad SMARTS) is 1. The maximum atomic E-state index is 13.0. The summed E-state index contributed by atoms with van der Waals surface area (Å²) < 4.78 is 6.14. The monoisotopic (exact) mass is 528 g/mol. The number of hydrogen-bond acceptors (Lipinski definition) is 5. The average Bonchev–Trinajstić information content (AvgIpc) is 3.11. The minimum Gasteiger partial charge on any atom is -0.478 e. The molecule has 38 heavy (non-hydrogen) atoms. The smallest absolute Gasteiger partial charge is 0.330 e. The van der Waals surface area contributed by atoms with Gasteiger partial charge in [0.1, 0.15) is 11.9 Å². The Balaban J connectivity index is 1.79. The molecule has 4 aliphatic rings. The van der Waals surface area contributed by atoms with Crippen LogP contribution < -0.4 is 0 Å². The number of ketones is 1. The Kier molecular flexibility index (Phi) is 7.12. The molecular weight excluding hydrogens is 480 g/mol. The van der Waals surface area contributed by atoms with Gasteiger partial charge in [0.25, 0.3) is 0 Å². The Morgan fingerprint density at radius 1 is 1.11 bits per heavy atom. The van der Waals surface area contributed by atoms with Crippen LogP contribution >= 0.6 is 0 Å². The molecule has 4 rings (SSSR count). The van der Waals surface area contributed by atoms with Crippen LogP contribution in [0.3, 0.4) is 0 Å². The van der Waals surface area contributed by atoms with Gasteiger partial charge < -0.3 is 14.9 Å². The van der Waals surface area contributed by atoms with E-state index >= 15 is 0 Å². The van der Waals surface area contributed by atoms with Gasteiger partial charge in [-0.2, -0.15) is 0 Å². The topological polar surface area (TPSA) is 101 Å². The first-order valence-corrected chi connectivity index (χ1v) is 14.5. The molecule has 0 radical (unpaired) electrons. The third-order valence-corrected chi connectivity index (χ3v) is 12.2. The molecule has 3 fully saturated rings. The number of carbonyl (C=O) groups is 3. The summed E-state index contributed by atoms with van der Waals surface area (Å²) in [7, 11) is 0. The lowest BCUT2D eigenvalue weighted by Gasteiger charge is -2.67. The summed E-state index contributed by atoms with van der Waals surface area (Å²) in [5, 5.41) is 22.0. The van der Waals surface area contributed by atoms with Gasteiger partial charge in [-0.05, 0) is 86.7 Å². The van der Waals surface area contributed by atoms with E-state index in [4.69, 9.17) is 4.74 Å². The highest BCUT2D eigenvalue weighted by Gasteiger charge is 2.74. The van der Waals surface area contributed by atoms with Crippen molar-refractivity contribution in [3.63, 3.8) is 0 Å². The molecule has 0 aromatic heterocycles. The van der Waals surface area contributed by atoms with Crippen LogP contribution in [0.5, 0.6) is 0 Å². The summed E-state index contributed by atoms with van der Waals surface area (Å²) >= 11 is 0. The first-order valence-electron chi connectivity index (χ1n) is 14.5. The fourth-order valence-corrected chi connectivity index (χ4v) is 9.71. The highest BCUT2D eigenvalue weighted by molar-refractivity contribution is 5.86. The van der Waals surface area contributed by atoms with E-state index < -0.39 is 33.9 Å². The quantitative estimate of drug-likeness (QED) is 0.240. The van der Waals surface area contributed by atoms with Crippen LogP contribution in [0.1, 0.15) is 107 Å². The molecule has 0 amide bonds. The molecule has 0 aromatic carbocycles. The van der Waals surface area contributed by atoms with Crippen molar-refractivity contribution < 1.29 is 29.3 Å². The van der Waals surface area contributed by atoms with Gasteiger partial charge in [-0.3, -0.25) is 9.59 Å². The Morgan fingerprint density at radius 3 is 2.37 bits per heavy atom. The SMILES string of the molecule is CC(=O)OC1C=C2C(O)(CCC3C(C)(C)C(=O)CC[C@]23C)[C@]2(C)CCC([C@H](C)CC/C=C(/C)C(=O)O)[C@@]12C. The lowest BCUT2D eigenvalue weighted by molar-refractivity contribution is -0.207. The predicted octanol–water partition coefficient (Wildman–Crippen LogP) is 6.26. The van der Waals surface area contributed by atoms with Crippen LogP contribution in [-0.2, 0) is 19.1 Å². The van der Waals surface area contributed by atoms with E-state index in [2.05, 4.69) is 47.6 Å². The predicted molar refractivity (Wildman–Crippen MR) is 146 cm³/mol. The fourth-order valence-electron chi connectivity index (χ4n) is 9.71. The van der Waals surface area contributed by atoms with E-state index in [9.17, 15) is 24.6 Å². The van der Waals surface area contributed by atoms with Gasteiger partial charge in [0.15, 0.2) is 0 Å². The van der Waals surface area contributed by atoms with E-state index in [-0.39, 0.29) is 29.1 Å². The summed E-state index contributed by atoms with van der Waals surface area (Å²) in [4.78, 5) is 36.7. The average molecular weight is 529 g/mol. The van der Waals surface area contributed by atoms with Crippen LogP contribution in [0.2, 0.25) is 0 Å². The molecule has 0 bridgehead atoms. The molecule has 2 N–H and O–H groups in total. The molecule has 8 atom stereocenters. The maximum absolute atomic E-state index is 13.0. The molecule has 6 nitrogen and oxygen atoms in total. The molecule has 0 heterocycles. The number of ether oxygens (including phenoxy) is 1. The van der Waals surface area contributed by atoms with Crippen LogP contribution in [0.15, 0.2) is 23.3 Å². The lowest BCUT2D eigenvalue weighted by atomic mass is 9.39. The first kappa shape index (κ1) is 29.0. The van der Waals surface area contributed by atoms with Crippen molar-refractivity contribution in [2.75, 3.05) is 0 Å². The number of allylic oxidation sites excluding steroid dienone is 1. The Hall–Kier alpha value is -1.95. The van der Waals surface area contributed by atoms with Crippen molar-refractivity contribution in [3.8, 4) is 0 Å². The molecule has 3 saturated carbocycles. The standard InChI is InChI=1S/C32H48O6/c1-19(10-9-11-20(2)27(35)36)22-12-16-30(7)31(22,8)26(38-21(3)33)18-24-29(6)15-14-25(34)28(4,5)23(29)13-17-32(24,30)37/h11,18-19,22-23,26,37H,9-10,12-17H2,1-8H3,(H,35,36)/b20-11-/t19-,22?,23?,26?,29+,30-,31+,32?/m1/s1. The van der Waals surface area contributed by atoms with Crippen molar-refractivity contribution in [1.29, 1.82) is 0 Å². The van der Waals surface area contributed by atoms with Crippen LogP contribution in [0.4, 0.5) is 0 Å². The van der Waals surface area contributed by atoms with Crippen molar-refractivity contribution >= 4 is 17.7 Å². The number of esters is 1. The number of aliphatic carboxylic acids is 1. The number of aliphatic hydroxyl groups is 1. The summed E-state index contributed by atoms with van der Waals surface area (Å²) in [5.74, 6) is -0.320. The Morgan fingerprint density at radius 2 is 1.76 bits per heavy atom. The molecular formula is C32H48O6. The number of rotatable bonds is 6. The van der Waals surface area contributed by atoms with Gasteiger partial charge in [0, 0.05) is 35.2 Å². The molecule has 0 saturated heterocycles.